The molecule has 0 aliphatic carbocycles. The minimum absolute atomic E-state index is 0.215. The Balaban J connectivity index is 2.34. The SMILES string of the molecule is CC(C)N(C)CCCCNc1ccc(C(N)=S)cc1F. The fraction of sp³-hybridized carbons (Fsp3) is 0.533. The molecule has 0 fully saturated rings. The van der Waals surface area contributed by atoms with Crippen molar-refractivity contribution in [1.82, 2.24) is 4.90 Å². The Kier molecular flexibility index (Phi) is 6.88. The van der Waals surface area contributed by atoms with Crippen molar-refractivity contribution in [3.8, 4) is 0 Å². The lowest BCUT2D eigenvalue weighted by Crippen LogP contribution is -2.27. The molecule has 0 aliphatic rings. The minimum Gasteiger partial charge on any atom is -0.389 e. The predicted molar refractivity (Wildman–Crippen MR) is 87.8 cm³/mol. The maximum atomic E-state index is 13.8. The molecule has 0 saturated carbocycles. The second-order valence-electron chi connectivity index (χ2n) is 5.27. The van der Waals surface area contributed by atoms with Crippen LogP contribution in [-0.4, -0.2) is 36.1 Å². The van der Waals surface area contributed by atoms with Crippen LogP contribution in [0.25, 0.3) is 0 Å². The Morgan fingerprint density at radius 1 is 1.40 bits per heavy atom. The van der Waals surface area contributed by atoms with Crippen molar-refractivity contribution in [2.75, 3.05) is 25.5 Å². The number of thiocarbonyl (C=S) groups is 1. The number of hydrogen-bond donors (Lipinski definition) is 2. The number of benzene rings is 1. The van der Waals surface area contributed by atoms with Crippen molar-refractivity contribution in [1.29, 1.82) is 0 Å². The summed E-state index contributed by atoms with van der Waals surface area (Å²) in [5, 5.41) is 3.10. The lowest BCUT2D eigenvalue weighted by molar-refractivity contribution is 0.269. The Morgan fingerprint density at radius 2 is 2.10 bits per heavy atom. The van der Waals surface area contributed by atoms with Gasteiger partial charge in [0.2, 0.25) is 0 Å². The van der Waals surface area contributed by atoms with E-state index in [0.29, 0.717) is 17.3 Å². The topological polar surface area (TPSA) is 41.3 Å². The van der Waals surface area contributed by atoms with E-state index >= 15 is 0 Å². The van der Waals surface area contributed by atoms with E-state index in [1.807, 2.05) is 0 Å². The third-order valence-corrected chi connectivity index (χ3v) is 3.62. The Bertz CT molecular complexity index is 449. The number of unbranched alkanes of at least 4 members (excludes halogenated alkanes) is 1. The molecular formula is C15H24FN3S. The number of anilines is 1. The van der Waals surface area contributed by atoms with E-state index in [1.165, 1.54) is 6.07 Å². The standard InChI is InChI=1S/C15H24FN3S/c1-11(2)19(3)9-5-4-8-18-14-7-6-12(15(17)20)10-13(14)16/h6-7,10-11,18H,4-5,8-9H2,1-3H3,(H2,17,20). The van der Waals surface area contributed by atoms with Crippen LogP contribution in [0.15, 0.2) is 18.2 Å². The average molecular weight is 297 g/mol. The van der Waals surface area contributed by atoms with Gasteiger partial charge in [0.05, 0.1) is 5.69 Å². The van der Waals surface area contributed by atoms with Gasteiger partial charge < -0.3 is 16.0 Å². The third kappa shape index (κ3) is 5.43. The summed E-state index contributed by atoms with van der Waals surface area (Å²) in [7, 11) is 2.12. The Labute approximate surface area is 126 Å². The second-order valence-corrected chi connectivity index (χ2v) is 5.71. The summed E-state index contributed by atoms with van der Waals surface area (Å²) in [5.41, 5.74) is 6.52. The van der Waals surface area contributed by atoms with Crippen molar-refractivity contribution < 1.29 is 4.39 Å². The highest BCUT2D eigenvalue weighted by Crippen LogP contribution is 2.15. The first-order valence-corrected chi connectivity index (χ1v) is 7.36. The zero-order valence-electron chi connectivity index (χ0n) is 12.4. The van der Waals surface area contributed by atoms with Crippen LogP contribution in [0.1, 0.15) is 32.3 Å². The number of halogens is 1. The quantitative estimate of drug-likeness (QED) is 0.572. The molecule has 0 unspecified atom stereocenters. The molecule has 0 aliphatic heterocycles. The van der Waals surface area contributed by atoms with E-state index in [-0.39, 0.29) is 10.8 Å². The van der Waals surface area contributed by atoms with Crippen LogP contribution in [-0.2, 0) is 0 Å². The van der Waals surface area contributed by atoms with Gasteiger partial charge in [0, 0.05) is 18.2 Å². The zero-order chi connectivity index (χ0) is 15.1. The maximum Gasteiger partial charge on any atom is 0.146 e. The summed E-state index contributed by atoms with van der Waals surface area (Å²) in [6, 6.07) is 5.36. The molecule has 0 aromatic heterocycles. The van der Waals surface area contributed by atoms with Crippen LogP contribution < -0.4 is 11.1 Å². The zero-order valence-corrected chi connectivity index (χ0v) is 13.3. The number of hydrogen-bond acceptors (Lipinski definition) is 3. The van der Waals surface area contributed by atoms with Crippen LogP contribution in [0.5, 0.6) is 0 Å². The molecule has 112 valence electrons. The summed E-state index contributed by atoms with van der Waals surface area (Å²) >= 11 is 4.82. The molecule has 1 aromatic carbocycles. The Hall–Kier alpha value is -1.20. The molecule has 0 heterocycles. The molecule has 3 N–H and O–H groups in total. The lowest BCUT2D eigenvalue weighted by Gasteiger charge is -2.20. The van der Waals surface area contributed by atoms with Gasteiger partial charge in [-0.05, 0) is 58.5 Å². The van der Waals surface area contributed by atoms with Crippen LogP contribution in [0.2, 0.25) is 0 Å². The molecule has 1 aromatic rings. The number of nitrogens with zero attached hydrogens (tertiary/aromatic N) is 1. The van der Waals surface area contributed by atoms with Crippen molar-refractivity contribution in [2.45, 2.75) is 32.7 Å². The minimum atomic E-state index is -0.311. The normalized spacial score (nSPS) is 11.1. The first kappa shape index (κ1) is 16.9. The van der Waals surface area contributed by atoms with Crippen molar-refractivity contribution in [2.24, 2.45) is 5.73 Å². The van der Waals surface area contributed by atoms with Crippen molar-refractivity contribution >= 4 is 22.9 Å². The lowest BCUT2D eigenvalue weighted by atomic mass is 10.2. The molecule has 20 heavy (non-hydrogen) atoms. The first-order valence-electron chi connectivity index (χ1n) is 6.95. The van der Waals surface area contributed by atoms with Crippen molar-refractivity contribution in [3.05, 3.63) is 29.6 Å². The molecule has 0 spiro atoms. The Morgan fingerprint density at radius 3 is 2.65 bits per heavy atom. The molecule has 0 bridgehead atoms. The third-order valence-electron chi connectivity index (χ3n) is 3.39. The van der Waals surface area contributed by atoms with Crippen LogP contribution >= 0.6 is 12.2 Å². The van der Waals surface area contributed by atoms with E-state index in [0.717, 1.165) is 25.9 Å². The molecule has 5 heteroatoms. The summed E-state index contributed by atoms with van der Waals surface area (Å²) in [5.74, 6) is -0.311. The smallest absolute Gasteiger partial charge is 0.146 e. The summed E-state index contributed by atoms with van der Waals surface area (Å²) in [6.07, 6.45) is 2.10. The van der Waals surface area contributed by atoms with Gasteiger partial charge in [0.25, 0.3) is 0 Å². The second kappa shape index (κ2) is 8.17. The first-order chi connectivity index (χ1) is 9.41. The molecule has 0 saturated heterocycles. The van der Waals surface area contributed by atoms with E-state index in [4.69, 9.17) is 18.0 Å². The fourth-order valence-corrected chi connectivity index (χ4v) is 1.91. The van der Waals surface area contributed by atoms with Gasteiger partial charge in [-0.3, -0.25) is 0 Å². The van der Waals surface area contributed by atoms with E-state index in [9.17, 15) is 4.39 Å². The van der Waals surface area contributed by atoms with Gasteiger partial charge in [-0.1, -0.05) is 12.2 Å². The van der Waals surface area contributed by atoms with Gasteiger partial charge in [0.15, 0.2) is 0 Å². The largest absolute Gasteiger partial charge is 0.389 e. The van der Waals surface area contributed by atoms with Gasteiger partial charge in [-0.15, -0.1) is 0 Å². The molecule has 0 atom stereocenters. The highest BCUT2D eigenvalue weighted by atomic mass is 32.1. The maximum absolute atomic E-state index is 13.8. The van der Waals surface area contributed by atoms with Crippen LogP contribution in [0, 0.1) is 5.82 Å². The summed E-state index contributed by atoms with van der Waals surface area (Å²) in [6.45, 7) is 6.17. The summed E-state index contributed by atoms with van der Waals surface area (Å²) in [4.78, 5) is 2.52. The molecule has 0 radical (unpaired) electrons. The number of nitrogens with two attached hydrogens (primary N) is 1. The summed E-state index contributed by atoms with van der Waals surface area (Å²) < 4.78 is 13.8. The van der Waals surface area contributed by atoms with E-state index < -0.39 is 0 Å². The molecular weight excluding hydrogens is 273 g/mol. The molecule has 3 nitrogen and oxygen atoms in total. The van der Waals surface area contributed by atoms with Gasteiger partial charge in [-0.2, -0.15) is 0 Å². The van der Waals surface area contributed by atoms with Gasteiger partial charge in [-0.25, -0.2) is 4.39 Å². The average Bonchev–Trinajstić information content (AvgIpc) is 2.39. The van der Waals surface area contributed by atoms with E-state index in [1.54, 1.807) is 12.1 Å². The van der Waals surface area contributed by atoms with Crippen LogP contribution in [0.4, 0.5) is 10.1 Å². The molecule has 1 rings (SSSR count). The number of nitrogens with one attached hydrogen (secondary N) is 1. The number of rotatable bonds is 8. The molecule has 0 amide bonds. The monoisotopic (exact) mass is 297 g/mol. The van der Waals surface area contributed by atoms with Crippen LogP contribution in [0.3, 0.4) is 0 Å². The van der Waals surface area contributed by atoms with Crippen molar-refractivity contribution in [3.63, 3.8) is 0 Å². The highest BCUT2D eigenvalue weighted by molar-refractivity contribution is 7.80. The fourth-order valence-electron chi connectivity index (χ4n) is 1.78. The highest BCUT2D eigenvalue weighted by Gasteiger charge is 2.05. The van der Waals surface area contributed by atoms with Gasteiger partial charge >= 0.3 is 0 Å². The van der Waals surface area contributed by atoms with Gasteiger partial charge in [0.1, 0.15) is 10.8 Å². The predicted octanol–water partition coefficient (Wildman–Crippen LogP) is 2.99. The van der Waals surface area contributed by atoms with E-state index in [2.05, 4.69) is 31.1 Å².